The average Bonchev–Trinajstić information content (AvgIpc) is 2.28. The van der Waals surface area contributed by atoms with Crippen LogP contribution in [0.2, 0.25) is 0 Å². The smallest absolute Gasteiger partial charge is 0.138 e. The van der Waals surface area contributed by atoms with Gasteiger partial charge in [-0.3, -0.25) is 9.88 Å². The number of nitrogens with zero attached hydrogens (tertiary/aromatic N) is 2. The van der Waals surface area contributed by atoms with Gasteiger partial charge in [-0.25, -0.2) is 0 Å². The molecule has 4 nitrogen and oxygen atoms in total. The molecule has 0 amide bonds. The Labute approximate surface area is 121 Å². The second-order valence-electron chi connectivity index (χ2n) is 6.01. The van der Waals surface area contributed by atoms with Gasteiger partial charge in [0.1, 0.15) is 5.75 Å². The number of aryl methyl sites for hydroxylation is 1. The summed E-state index contributed by atoms with van der Waals surface area (Å²) < 4.78 is 0. The predicted octanol–water partition coefficient (Wildman–Crippen LogP) is 2.08. The maximum absolute atomic E-state index is 9.83. The van der Waals surface area contributed by atoms with E-state index in [1.54, 1.807) is 6.07 Å². The van der Waals surface area contributed by atoms with Gasteiger partial charge in [0.25, 0.3) is 0 Å². The number of rotatable bonds is 2. The Balaban J connectivity index is 0.00000180. The molecule has 1 atom stereocenters. The van der Waals surface area contributed by atoms with Gasteiger partial charge in [-0.15, -0.1) is 12.4 Å². The third-order valence-corrected chi connectivity index (χ3v) is 3.85. The summed E-state index contributed by atoms with van der Waals surface area (Å²) in [5.41, 5.74) is 7.96. The van der Waals surface area contributed by atoms with Gasteiger partial charge >= 0.3 is 0 Å². The third kappa shape index (κ3) is 3.81. The van der Waals surface area contributed by atoms with E-state index < -0.39 is 0 Å². The second-order valence-corrected chi connectivity index (χ2v) is 6.01. The van der Waals surface area contributed by atoms with Gasteiger partial charge in [-0.05, 0) is 30.9 Å². The van der Waals surface area contributed by atoms with Crippen molar-refractivity contribution < 1.29 is 5.11 Å². The zero-order chi connectivity index (χ0) is 13.3. The fourth-order valence-corrected chi connectivity index (χ4v) is 2.55. The molecule has 1 aliphatic heterocycles. The van der Waals surface area contributed by atoms with Crippen molar-refractivity contribution in [2.45, 2.75) is 39.8 Å². The summed E-state index contributed by atoms with van der Waals surface area (Å²) in [5.74, 6) is 0.285. The van der Waals surface area contributed by atoms with E-state index >= 15 is 0 Å². The highest BCUT2D eigenvalue weighted by Crippen LogP contribution is 2.29. The Kier molecular flexibility index (Phi) is 5.18. The number of halogens is 1. The first kappa shape index (κ1) is 16.2. The van der Waals surface area contributed by atoms with Crippen LogP contribution >= 0.6 is 12.4 Å². The molecular weight excluding hydrogens is 262 g/mol. The maximum Gasteiger partial charge on any atom is 0.138 e. The summed E-state index contributed by atoms with van der Waals surface area (Å²) in [5, 5.41) is 9.83. The van der Waals surface area contributed by atoms with Gasteiger partial charge in [-0.1, -0.05) is 13.8 Å². The fraction of sp³-hybridized carbons (Fsp3) is 0.643. The zero-order valence-corrected chi connectivity index (χ0v) is 12.7. The maximum atomic E-state index is 9.83. The third-order valence-electron chi connectivity index (χ3n) is 3.85. The van der Waals surface area contributed by atoms with Crippen LogP contribution in [0.1, 0.15) is 31.7 Å². The van der Waals surface area contributed by atoms with Crippen molar-refractivity contribution in [3.05, 3.63) is 23.5 Å². The minimum absolute atomic E-state index is 0. The quantitative estimate of drug-likeness (QED) is 0.873. The number of aromatic hydroxyl groups is 1. The molecule has 1 unspecified atom stereocenters. The molecule has 1 aliphatic rings. The summed E-state index contributed by atoms with van der Waals surface area (Å²) in [7, 11) is 0. The van der Waals surface area contributed by atoms with Gasteiger partial charge in [0, 0.05) is 31.4 Å². The number of pyridine rings is 1. The van der Waals surface area contributed by atoms with Gasteiger partial charge in [0.2, 0.25) is 0 Å². The number of hydrogen-bond donors (Lipinski definition) is 2. The van der Waals surface area contributed by atoms with Crippen molar-refractivity contribution in [2.75, 3.05) is 13.1 Å². The zero-order valence-electron chi connectivity index (χ0n) is 11.9. The van der Waals surface area contributed by atoms with Crippen LogP contribution in [-0.2, 0) is 6.54 Å². The Morgan fingerprint density at radius 2 is 2.16 bits per heavy atom. The molecule has 1 saturated heterocycles. The standard InChI is InChI=1S/C14H23N3O.ClH/c1-10-4-5-12(18)11(16-10)8-17-7-6-13(15)14(2,3)9-17;/h4-5,13,18H,6-9,15H2,1-3H3;1H. The molecule has 1 aromatic heterocycles. The second kappa shape index (κ2) is 6.07. The highest BCUT2D eigenvalue weighted by Gasteiger charge is 2.33. The van der Waals surface area contributed by atoms with E-state index in [4.69, 9.17) is 5.73 Å². The van der Waals surface area contributed by atoms with Crippen LogP contribution in [0.5, 0.6) is 5.75 Å². The molecule has 2 rings (SSSR count). The highest BCUT2D eigenvalue weighted by atomic mass is 35.5. The van der Waals surface area contributed by atoms with E-state index in [-0.39, 0.29) is 29.6 Å². The Bertz CT molecular complexity index is 437. The number of likely N-dealkylation sites (tertiary alicyclic amines) is 1. The number of aromatic nitrogens is 1. The van der Waals surface area contributed by atoms with Crippen LogP contribution in [0.3, 0.4) is 0 Å². The monoisotopic (exact) mass is 285 g/mol. The lowest BCUT2D eigenvalue weighted by Gasteiger charge is -2.42. The molecule has 1 fully saturated rings. The first-order valence-corrected chi connectivity index (χ1v) is 6.52. The lowest BCUT2D eigenvalue weighted by Crippen LogP contribution is -2.52. The minimum atomic E-state index is 0. The largest absolute Gasteiger partial charge is 0.506 e. The Hall–Kier alpha value is -0.840. The van der Waals surface area contributed by atoms with Crippen LogP contribution in [0.4, 0.5) is 0 Å². The summed E-state index contributed by atoms with van der Waals surface area (Å²) in [6.45, 7) is 8.96. The predicted molar refractivity (Wildman–Crippen MR) is 79.5 cm³/mol. The van der Waals surface area contributed by atoms with E-state index in [2.05, 4.69) is 23.7 Å². The molecule has 108 valence electrons. The first-order chi connectivity index (χ1) is 8.38. The topological polar surface area (TPSA) is 62.4 Å². The lowest BCUT2D eigenvalue weighted by molar-refractivity contribution is 0.0882. The van der Waals surface area contributed by atoms with E-state index in [0.29, 0.717) is 6.54 Å². The van der Waals surface area contributed by atoms with Crippen LogP contribution in [0.15, 0.2) is 12.1 Å². The van der Waals surface area contributed by atoms with Gasteiger partial charge < -0.3 is 10.8 Å². The summed E-state index contributed by atoms with van der Waals surface area (Å²) in [6.07, 6.45) is 1.000. The Morgan fingerprint density at radius 1 is 1.47 bits per heavy atom. The molecule has 0 radical (unpaired) electrons. The SMILES string of the molecule is Cc1ccc(O)c(CN2CCC(N)C(C)(C)C2)n1.Cl. The summed E-state index contributed by atoms with van der Waals surface area (Å²) >= 11 is 0. The molecule has 0 aromatic carbocycles. The molecule has 2 heterocycles. The van der Waals surface area contributed by atoms with Crippen molar-refractivity contribution in [2.24, 2.45) is 11.1 Å². The lowest BCUT2D eigenvalue weighted by atomic mass is 9.79. The number of piperidine rings is 1. The van der Waals surface area contributed by atoms with Gasteiger partial charge in [-0.2, -0.15) is 0 Å². The molecule has 0 saturated carbocycles. The molecule has 3 N–H and O–H groups in total. The summed E-state index contributed by atoms with van der Waals surface area (Å²) in [6, 6.07) is 3.81. The van der Waals surface area contributed by atoms with Crippen molar-refractivity contribution >= 4 is 12.4 Å². The molecule has 0 aliphatic carbocycles. The van der Waals surface area contributed by atoms with Crippen molar-refractivity contribution in [1.29, 1.82) is 0 Å². The molecule has 0 spiro atoms. The van der Waals surface area contributed by atoms with E-state index in [1.165, 1.54) is 0 Å². The van der Waals surface area contributed by atoms with Gasteiger partial charge in [0.05, 0.1) is 5.69 Å². The highest BCUT2D eigenvalue weighted by molar-refractivity contribution is 5.85. The molecular formula is C14H24ClN3O. The fourth-order valence-electron chi connectivity index (χ4n) is 2.55. The van der Waals surface area contributed by atoms with Crippen molar-refractivity contribution in [1.82, 2.24) is 9.88 Å². The minimum Gasteiger partial charge on any atom is -0.506 e. The van der Waals surface area contributed by atoms with Crippen LogP contribution < -0.4 is 5.73 Å². The summed E-state index contributed by atoms with van der Waals surface area (Å²) in [4.78, 5) is 6.73. The van der Waals surface area contributed by atoms with Crippen LogP contribution in [0.25, 0.3) is 0 Å². The molecule has 19 heavy (non-hydrogen) atoms. The first-order valence-electron chi connectivity index (χ1n) is 6.52. The number of hydrogen-bond acceptors (Lipinski definition) is 4. The number of nitrogens with two attached hydrogens (primary N) is 1. The van der Waals surface area contributed by atoms with Gasteiger partial charge in [0.15, 0.2) is 0 Å². The van der Waals surface area contributed by atoms with Crippen LogP contribution in [-0.4, -0.2) is 34.1 Å². The van der Waals surface area contributed by atoms with Crippen molar-refractivity contribution in [3.63, 3.8) is 0 Å². The van der Waals surface area contributed by atoms with Crippen LogP contribution in [0, 0.1) is 12.3 Å². The molecule has 0 bridgehead atoms. The normalized spacial score (nSPS) is 22.8. The average molecular weight is 286 g/mol. The molecule has 1 aromatic rings. The van der Waals surface area contributed by atoms with Crippen molar-refractivity contribution in [3.8, 4) is 5.75 Å². The Morgan fingerprint density at radius 3 is 2.79 bits per heavy atom. The van der Waals surface area contributed by atoms with E-state index in [0.717, 1.165) is 30.9 Å². The van der Waals surface area contributed by atoms with E-state index in [9.17, 15) is 5.11 Å². The van der Waals surface area contributed by atoms with E-state index in [1.807, 2.05) is 13.0 Å². The molecule has 5 heteroatoms.